The molecular weight excluding hydrogens is 294 g/mol. The lowest BCUT2D eigenvalue weighted by Gasteiger charge is -2.04. The Bertz CT molecular complexity index is 543. The van der Waals surface area contributed by atoms with E-state index in [9.17, 15) is 0 Å². The molecule has 1 heterocycles. The lowest BCUT2D eigenvalue weighted by molar-refractivity contribution is 0.414. The monoisotopic (exact) mass is 305 g/mol. The van der Waals surface area contributed by atoms with Gasteiger partial charge in [-0.3, -0.25) is 10.4 Å². The van der Waals surface area contributed by atoms with Gasteiger partial charge in [-0.1, -0.05) is 15.9 Å². The third-order valence-electron chi connectivity index (χ3n) is 2.27. The molecule has 2 rings (SSSR count). The topological polar surface area (TPSA) is 46.5 Å². The lowest BCUT2D eigenvalue weighted by Crippen LogP contribution is -1.94. The fourth-order valence-electron chi connectivity index (χ4n) is 1.41. The van der Waals surface area contributed by atoms with Crippen LogP contribution in [0.25, 0.3) is 0 Å². The van der Waals surface area contributed by atoms with E-state index in [4.69, 9.17) is 4.74 Å². The zero-order valence-electron chi connectivity index (χ0n) is 9.80. The van der Waals surface area contributed by atoms with Crippen LogP contribution >= 0.6 is 15.9 Å². The molecule has 0 aliphatic heterocycles. The van der Waals surface area contributed by atoms with Crippen molar-refractivity contribution < 1.29 is 4.74 Å². The smallest absolute Gasteiger partial charge is 0.127 e. The first-order valence-electron chi connectivity index (χ1n) is 5.32. The number of benzene rings is 1. The van der Waals surface area contributed by atoms with E-state index in [-0.39, 0.29) is 0 Å². The van der Waals surface area contributed by atoms with Gasteiger partial charge < -0.3 is 4.74 Å². The van der Waals surface area contributed by atoms with Gasteiger partial charge in [-0.15, -0.1) is 0 Å². The van der Waals surface area contributed by atoms with Crippen molar-refractivity contribution >= 4 is 27.8 Å². The Morgan fingerprint density at radius 1 is 1.28 bits per heavy atom. The van der Waals surface area contributed by atoms with Gasteiger partial charge in [-0.2, -0.15) is 5.10 Å². The molecule has 2 aromatic rings. The number of methoxy groups -OCH3 is 1. The molecule has 0 spiro atoms. The average Bonchev–Trinajstić information content (AvgIpc) is 2.40. The largest absolute Gasteiger partial charge is 0.496 e. The van der Waals surface area contributed by atoms with Crippen LogP contribution in [0.1, 0.15) is 5.56 Å². The third kappa shape index (κ3) is 3.30. The molecule has 0 saturated heterocycles. The predicted molar refractivity (Wildman–Crippen MR) is 76.1 cm³/mol. The van der Waals surface area contributed by atoms with E-state index in [1.54, 1.807) is 25.7 Å². The van der Waals surface area contributed by atoms with Crippen LogP contribution in [0.15, 0.2) is 52.3 Å². The van der Waals surface area contributed by atoms with E-state index in [0.717, 1.165) is 21.5 Å². The fourth-order valence-corrected chi connectivity index (χ4v) is 1.79. The van der Waals surface area contributed by atoms with Crippen LogP contribution < -0.4 is 10.2 Å². The molecule has 4 nitrogen and oxygen atoms in total. The average molecular weight is 306 g/mol. The summed E-state index contributed by atoms with van der Waals surface area (Å²) >= 11 is 3.42. The van der Waals surface area contributed by atoms with E-state index in [2.05, 4.69) is 31.4 Å². The number of nitrogens with one attached hydrogen (secondary N) is 1. The summed E-state index contributed by atoms with van der Waals surface area (Å²) in [5, 5.41) is 4.16. The van der Waals surface area contributed by atoms with Crippen molar-refractivity contribution in [2.24, 2.45) is 5.10 Å². The molecule has 0 aliphatic carbocycles. The second-order valence-corrected chi connectivity index (χ2v) is 4.41. The van der Waals surface area contributed by atoms with E-state index in [1.807, 2.05) is 30.3 Å². The molecule has 1 aromatic heterocycles. The van der Waals surface area contributed by atoms with Crippen LogP contribution in [-0.2, 0) is 0 Å². The molecule has 0 unspecified atom stereocenters. The standard InChI is InChI=1S/C13H12BrN3O/c1-18-13-3-2-11(14)8-10(13)9-16-17-12-4-6-15-7-5-12/h2-9H,1H3,(H,15,17)/b16-9+. The summed E-state index contributed by atoms with van der Waals surface area (Å²) < 4.78 is 6.23. The summed E-state index contributed by atoms with van der Waals surface area (Å²) in [5.74, 6) is 0.776. The number of hydrogen-bond acceptors (Lipinski definition) is 4. The first-order valence-corrected chi connectivity index (χ1v) is 6.11. The van der Waals surface area contributed by atoms with Crippen molar-refractivity contribution in [3.05, 3.63) is 52.8 Å². The van der Waals surface area contributed by atoms with Crippen molar-refractivity contribution in [3.63, 3.8) is 0 Å². The maximum atomic E-state index is 5.25. The Labute approximate surface area is 114 Å². The summed E-state index contributed by atoms with van der Waals surface area (Å²) in [4.78, 5) is 3.93. The number of hydrogen-bond donors (Lipinski definition) is 1. The normalized spacial score (nSPS) is 10.6. The molecule has 0 amide bonds. The zero-order chi connectivity index (χ0) is 12.8. The second kappa shape index (κ2) is 6.16. The number of rotatable bonds is 4. The maximum absolute atomic E-state index is 5.25. The molecule has 0 radical (unpaired) electrons. The molecule has 92 valence electrons. The minimum atomic E-state index is 0.776. The number of anilines is 1. The molecule has 5 heteroatoms. The van der Waals surface area contributed by atoms with Crippen molar-refractivity contribution in [1.29, 1.82) is 0 Å². The van der Waals surface area contributed by atoms with Gasteiger partial charge >= 0.3 is 0 Å². The molecule has 0 fully saturated rings. The molecule has 0 saturated carbocycles. The third-order valence-corrected chi connectivity index (χ3v) is 2.76. The number of hydrazone groups is 1. The van der Waals surface area contributed by atoms with Gasteiger partial charge in [0.05, 0.1) is 19.0 Å². The summed E-state index contributed by atoms with van der Waals surface area (Å²) in [7, 11) is 1.64. The van der Waals surface area contributed by atoms with Crippen LogP contribution in [0.3, 0.4) is 0 Å². The van der Waals surface area contributed by atoms with Crippen molar-refractivity contribution in [3.8, 4) is 5.75 Å². The highest BCUT2D eigenvalue weighted by Crippen LogP contribution is 2.21. The number of halogens is 1. The highest BCUT2D eigenvalue weighted by atomic mass is 79.9. The van der Waals surface area contributed by atoms with E-state index >= 15 is 0 Å². The summed E-state index contributed by atoms with van der Waals surface area (Å²) in [6, 6.07) is 9.44. The molecule has 0 atom stereocenters. The quantitative estimate of drug-likeness (QED) is 0.696. The van der Waals surface area contributed by atoms with Gasteiger partial charge in [0.1, 0.15) is 5.75 Å². The minimum absolute atomic E-state index is 0.776. The van der Waals surface area contributed by atoms with Crippen LogP contribution in [-0.4, -0.2) is 18.3 Å². The van der Waals surface area contributed by atoms with Crippen LogP contribution in [0.2, 0.25) is 0 Å². The van der Waals surface area contributed by atoms with Crippen molar-refractivity contribution in [2.45, 2.75) is 0 Å². The summed E-state index contributed by atoms with van der Waals surface area (Å²) in [5.41, 5.74) is 4.70. The van der Waals surface area contributed by atoms with Crippen molar-refractivity contribution in [2.75, 3.05) is 12.5 Å². The first kappa shape index (κ1) is 12.6. The minimum Gasteiger partial charge on any atom is -0.496 e. The highest BCUT2D eigenvalue weighted by molar-refractivity contribution is 9.10. The van der Waals surface area contributed by atoms with Crippen LogP contribution in [0.4, 0.5) is 5.69 Å². The van der Waals surface area contributed by atoms with E-state index < -0.39 is 0 Å². The SMILES string of the molecule is COc1ccc(Br)cc1/C=N/Nc1ccncc1. The number of ether oxygens (including phenoxy) is 1. The molecule has 1 N–H and O–H groups in total. The van der Waals surface area contributed by atoms with Gasteiger partial charge in [0.25, 0.3) is 0 Å². The first-order chi connectivity index (χ1) is 8.79. The second-order valence-electron chi connectivity index (χ2n) is 3.49. The van der Waals surface area contributed by atoms with Crippen molar-refractivity contribution in [1.82, 2.24) is 4.98 Å². The Balaban J connectivity index is 2.11. The van der Waals surface area contributed by atoms with Crippen LogP contribution in [0.5, 0.6) is 5.75 Å². The fraction of sp³-hybridized carbons (Fsp3) is 0.0769. The van der Waals surface area contributed by atoms with Gasteiger partial charge in [-0.05, 0) is 30.3 Å². The van der Waals surface area contributed by atoms with Gasteiger partial charge in [0, 0.05) is 22.4 Å². The number of pyridine rings is 1. The Hall–Kier alpha value is -1.88. The molecule has 0 bridgehead atoms. The Morgan fingerprint density at radius 3 is 2.78 bits per heavy atom. The molecule has 0 aliphatic rings. The number of aromatic nitrogens is 1. The molecule has 18 heavy (non-hydrogen) atoms. The van der Waals surface area contributed by atoms with Gasteiger partial charge in [0.2, 0.25) is 0 Å². The molecular formula is C13H12BrN3O. The van der Waals surface area contributed by atoms with Gasteiger partial charge in [-0.25, -0.2) is 0 Å². The summed E-state index contributed by atoms with van der Waals surface area (Å²) in [6.45, 7) is 0. The number of nitrogens with zero attached hydrogens (tertiary/aromatic N) is 2. The predicted octanol–water partition coefficient (Wildman–Crippen LogP) is 3.30. The maximum Gasteiger partial charge on any atom is 0.127 e. The van der Waals surface area contributed by atoms with Crippen LogP contribution in [0, 0.1) is 0 Å². The highest BCUT2D eigenvalue weighted by Gasteiger charge is 2.00. The summed E-state index contributed by atoms with van der Waals surface area (Å²) in [6.07, 6.45) is 5.12. The van der Waals surface area contributed by atoms with E-state index in [1.165, 1.54) is 0 Å². The van der Waals surface area contributed by atoms with E-state index in [0.29, 0.717) is 0 Å². The Kier molecular flexibility index (Phi) is 4.30. The van der Waals surface area contributed by atoms with Gasteiger partial charge in [0.15, 0.2) is 0 Å². The molecule has 1 aromatic carbocycles. The Morgan fingerprint density at radius 2 is 2.06 bits per heavy atom. The lowest BCUT2D eigenvalue weighted by atomic mass is 10.2. The zero-order valence-corrected chi connectivity index (χ0v) is 11.4.